The molecule has 1 aromatic carbocycles. The number of benzene rings is 1. The number of aromatic nitrogens is 2. The summed E-state index contributed by atoms with van der Waals surface area (Å²) in [6.45, 7) is 1.45. The highest BCUT2D eigenvalue weighted by Gasteiger charge is 2.03. The van der Waals surface area contributed by atoms with Crippen molar-refractivity contribution >= 4 is 11.6 Å². The average Bonchev–Trinajstić information content (AvgIpc) is 2.71. The number of halogens is 1. The number of ether oxygens (including phenoxy) is 1. The molecule has 0 amide bonds. The zero-order valence-corrected chi connectivity index (χ0v) is 11.2. The van der Waals surface area contributed by atoms with Crippen molar-refractivity contribution in [2.45, 2.75) is 13.1 Å². The molecule has 0 aliphatic carbocycles. The monoisotopic (exact) mass is 265 g/mol. The van der Waals surface area contributed by atoms with Crippen LogP contribution in [0.25, 0.3) is 0 Å². The smallest absolute Gasteiger partial charge is 0.128 e. The molecule has 0 aliphatic heterocycles. The second kappa shape index (κ2) is 5.89. The van der Waals surface area contributed by atoms with Crippen LogP contribution < -0.4 is 10.1 Å². The Morgan fingerprint density at radius 2 is 2.22 bits per heavy atom. The van der Waals surface area contributed by atoms with Gasteiger partial charge in [-0.3, -0.25) is 0 Å². The van der Waals surface area contributed by atoms with E-state index in [1.165, 1.54) is 5.56 Å². The topological polar surface area (TPSA) is 39.1 Å². The quantitative estimate of drug-likeness (QED) is 0.902. The highest BCUT2D eigenvalue weighted by Crippen LogP contribution is 2.13. The van der Waals surface area contributed by atoms with Crippen LogP contribution in [0, 0.1) is 0 Å². The molecule has 0 saturated heterocycles. The van der Waals surface area contributed by atoms with Crippen LogP contribution in [-0.4, -0.2) is 16.7 Å². The predicted octanol–water partition coefficient (Wildman–Crippen LogP) is 2.37. The minimum atomic E-state index is 0.646. The molecule has 0 bridgehead atoms. The molecule has 0 atom stereocenters. The highest BCUT2D eigenvalue weighted by molar-refractivity contribution is 6.29. The van der Waals surface area contributed by atoms with Crippen molar-refractivity contribution in [3.63, 3.8) is 0 Å². The second-order valence-electron chi connectivity index (χ2n) is 4.01. The molecule has 4 nitrogen and oxygen atoms in total. The van der Waals surface area contributed by atoms with Gasteiger partial charge in [-0.05, 0) is 17.7 Å². The molecule has 0 radical (unpaired) electrons. The van der Waals surface area contributed by atoms with Crippen molar-refractivity contribution < 1.29 is 4.74 Å². The Balaban J connectivity index is 1.90. The van der Waals surface area contributed by atoms with E-state index in [-0.39, 0.29) is 0 Å². The summed E-state index contributed by atoms with van der Waals surface area (Å²) >= 11 is 5.92. The van der Waals surface area contributed by atoms with Gasteiger partial charge >= 0.3 is 0 Å². The number of nitrogens with zero attached hydrogens (tertiary/aromatic N) is 2. The van der Waals surface area contributed by atoms with E-state index in [9.17, 15) is 0 Å². The van der Waals surface area contributed by atoms with Gasteiger partial charge in [-0.2, -0.15) is 0 Å². The van der Waals surface area contributed by atoms with Gasteiger partial charge in [-0.1, -0.05) is 23.7 Å². The van der Waals surface area contributed by atoms with Crippen molar-refractivity contribution in [1.82, 2.24) is 14.9 Å². The van der Waals surface area contributed by atoms with Gasteiger partial charge in [0, 0.05) is 13.6 Å². The third kappa shape index (κ3) is 3.03. The SMILES string of the molecule is COc1cccc(CNCc2ncc(Cl)n2C)c1. The lowest BCUT2D eigenvalue weighted by Gasteiger charge is -2.07. The van der Waals surface area contributed by atoms with E-state index in [4.69, 9.17) is 16.3 Å². The van der Waals surface area contributed by atoms with E-state index in [1.807, 2.05) is 29.8 Å². The summed E-state index contributed by atoms with van der Waals surface area (Å²) in [6, 6.07) is 7.98. The van der Waals surface area contributed by atoms with E-state index in [1.54, 1.807) is 13.3 Å². The Kier molecular flexibility index (Phi) is 4.23. The van der Waals surface area contributed by atoms with E-state index in [0.29, 0.717) is 11.7 Å². The first-order valence-corrected chi connectivity index (χ1v) is 6.08. The van der Waals surface area contributed by atoms with Crippen molar-refractivity contribution in [3.05, 3.63) is 47.0 Å². The zero-order valence-electron chi connectivity index (χ0n) is 10.5. The Bertz CT molecular complexity index is 525. The highest BCUT2D eigenvalue weighted by atomic mass is 35.5. The molecule has 2 aromatic rings. The van der Waals surface area contributed by atoms with Crippen LogP contribution in [0.2, 0.25) is 5.15 Å². The van der Waals surface area contributed by atoms with Crippen LogP contribution in [0.3, 0.4) is 0 Å². The van der Waals surface area contributed by atoms with Gasteiger partial charge in [-0.25, -0.2) is 4.98 Å². The molecule has 2 rings (SSSR count). The molecule has 18 heavy (non-hydrogen) atoms. The van der Waals surface area contributed by atoms with Gasteiger partial charge < -0.3 is 14.6 Å². The fourth-order valence-electron chi connectivity index (χ4n) is 1.69. The molecule has 5 heteroatoms. The fourth-order valence-corrected chi connectivity index (χ4v) is 1.84. The summed E-state index contributed by atoms with van der Waals surface area (Å²) in [5.41, 5.74) is 1.18. The zero-order chi connectivity index (χ0) is 13.0. The Hall–Kier alpha value is -1.52. The lowest BCUT2D eigenvalue weighted by Crippen LogP contribution is -2.15. The second-order valence-corrected chi connectivity index (χ2v) is 4.40. The molecule has 1 heterocycles. The summed E-state index contributed by atoms with van der Waals surface area (Å²) in [7, 11) is 3.57. The van der Waals surface area contributed by atoms with E-state index in [2.05, 4.69) is 16.4 Å². The van der Waals surface area contributed by atoms with Gasteiger partial charge in [0.05, 0.1) is 19.9 Å². The Labute approximate surface area is 112 Å². The van der Waals surface area contributed by atoms with Crippen LogP contribution in [0.5, 0.6) is 5.75 Å². The normalized spacial score (nSPS) is 10.6. The van der Waals surface area contributed by atoms with Crippen molar-refractivity contribution in [2.24, 2.45) is 7.05 Å². The molecular weight excluding hydrogens is 250 g/mol. The fraction of sp³-hybridized carbons (Fsp3) is 0.308. The number of imidazole rings is 1. The number of hydrogen-bond acceptors (Lipinski definition) is 3. The number of nitrogens with one attached hydrogen (secondary N) is 1. The van der Waals surface area contributed by atoms with Gasteiger partial charge in [0.1, 0.15) is 16.7 Å². The Morgan fingerprint density at radius 3 is 2.89 bits per heavy atom. The van der Waals surface area contributed by atoms with Gasteiger partial charge in [0.2, 0.25) is 0 Å². The van der Waals surface area contributed by atoms with Crippen LogP contribution in [0.1, 0.15) is 11.4 Å². The molecule has 0 fully saturated rings. The molecule has 0 spiro atoms. The van der Waals surface area contributed by atoms with Crippen LogP contribution >= 0.6 is 11.6 Å². The molecular formula is C13H16ClN3O. The first-order chi connectivity index (χ1) is 8.70. The minimum absolute atomic E-state index is 0.646. The van der Waals surface area contributed by atoms with Crippen LogP contribution in [0.15, 0.2) is 30.5 Å². The standard InChI is InChI=1S/C13H16ClN3O/c1-17-12(14)8-16-13(17)9-15-7-10-4-3-5-11(6-10)18-2/h3-6,8,15H,7,9H2,1-2H3. The lowest BCUT2D eigenvalue weighted by molar-refractivity contribution is 0.414. The number of rotatable bonds is 5. The maximum absolute atomic E-state index is 5.92. The third-order valence-corrected chi connectivity index (χ3v) is 3.13. The summed E-state index contributed by atoms with van der Waals surface area (Å²) in [4.78, 5) is 4.22. The first-order valence-electron chi connectivity index (χ1n) is 5.70. The minimum Gasteiger partial charge on any atom is -0.497 e. The maximum Gasteiger partial charge on any atom is 0.128 e. The molecule has 1 aromatic heterocycles. The number of hydrogen-bond donors (Lipinski definition) is 1. The maximum atomic E-state index is 5.92. The van der Waals surface area contributed by atoms with E-state index < -0.39 is 0 Å². The summed E-state index contributed by atoms with van der Waals surface area (Å²) in [5, 5.41) is 3.97. The van der Waals surface area contributed by atoms with Gasteiger partial charge in [0.25, 0.3) is 0 Å². The summed E-state index contributed by atoms with van der Waals surface area (Å²) < 4.78 is 7.04. The Morgan fingerprint density at radius 1 is 1.39 bits per heavy atom. The third-order valence-electron chi connectivity index (χ3n) is 2.77. The van der Waals surface area contributed by atoms with Crippen molar-refractivity contribution in [2.75, 3.05) is 7.11 Å². The lowest BCUT2D eigenvalue weighted by atomic mass is 10.2. The molecule has 96 valence electrons. The van der Waals surface area contributed by atoms with Crippen molar-refractivity contribution in [3.8, 4) is 5.75 Å². The first kappa shape index (κ1) is 12.9. The van der Waals surface area contributed by atoms with Crippen LogP contribution in [-0.2, 0) is 20.1 Å². The van der Waals surface area contributed by atoms with Crippen molar-refractivity contribution in [1.29, 1.82) is 0 Å². The molecule has 1 N–H and O–H groups in total. The number of methoxy groups -OCH3 is 1. The van der Waals surface area contributed by atoms with Gasteiger partial charge in [-0.15, -0.1) is 0 Å². The molecule has 0 unspecified atom stereocenters. The molecule has 0 saturated carbocycles. The van der Waals surface area contributed by atoms with E-state index >= 15 is 0 Å². The molecule has 0 aliphatic rings. The average molecular weight is 266 g/mol. The largest absolute Gasteiger partial charge is 0.497 e. The van der Waals surface area contributed by atoms with Gasteiger partial charge in [0.15, 0.2) is 0 Å². The van der Waals surface area contributed by atoms with E-state index in [0.717, 1.165) is 18.1 Å². The summed E-state index contributed by atoms with van der Waals surface area (Å²) in [6.07, 6.45) is 1.66. The predicted molar refractivity (Wildman–Crippen MR) is 71.8 cm³/mol. The summed E-state index contributed by atoms with van der Waals surface area (Å²) in [5.74, 6) is 1.79. The van der Waals surface area contributed by atoms with Crippen LogP contribution in [0.4, 0.5) is 0 Å².